The molecule has 4 rings (SSSR count). The van der Waals surface area contributed by atoms with Crippen molar-refractivity contribution in [2.75, 3.05) is 17.7 Å². The normalized spacial score (nSPS) is 17.5. The quantitative estimate of drug-likeness (QED) is 0.726. The van der Waals surface area contributed by atoms with Crippen LogP contribution in [0.1, 0.15) is 37.5 Å². The molecule has 0 unspecified atom stereocenters. The average Bonchev–Trinajstić information content (AvgIpc) is 3.44. The third kappa shape index (κ3) is 4.15. The van der Waals surface area contributed by atoms with Gasteiger partial charge in [-0.25, -0.2) is 4.99 Å². The number of amides is 1. The van der Waals surface area contributed by atoms with E-state index in [0.717, 1.165) is 41.3 Å². The topological polar surface area (TPSA) is 63.0 Å². The summed E-state index contributed by atoms with van der Waals surface area (Å²) < 4.78 is 5.58. The van der Waals surface area contributed by atoms with Gasteiger partial charge in [0, 0.05) is 0 Å². The van der Waals surface area contributed by atoms with Crippen LogP contribution in [0.2, 0.25) is 0 Å². The molecule has 5 nitrogen and oxygen atoms in total. The number of ether oxygens (including phenoxy) is 1. The first-order valence-corrected chi connectivity index (χ1v) is 11.4. The fourth-order valence-corrected chi connectivity index (χ4v) is 5.18. The Bertz CT molecular complexity index is 900. The van der Waals surface area contributed by atoms with Gasteiger partial charge >= 0.3 is 0 Å². The molecule has 1 spiro atoms. The number of thiophene rings is 1. The standard InChI is InChI=1S/C21H23N3O2S2/c1-2-26-16-9-4-3-8-15(16)22-18(25)14-28-20-19(17-10-7-13-27-17)23-21(24-20)11-5-6-12-21/h3-4,7-10,13H,2,5-6,11-12,14H2,1H3,(H,22,25). The van der Waals surface area contributed by atoms with E-state index in [0.29, 0.717) is 23.8 Å². The van der Waals surface area contributed by atoms with Crippen molar-refractivity contribution in [2.45, 2.75) is 38.3 Å². The van der Waals surface area contributed by atoms with Gasteiger partial charge in [0.15, 0.2) is 5.66 Å². The molecule has 1 aliphatic heterocycles. The van der Waals surface area contributed by atoms with Crippen molar-refractivity contribution in [2.24, 2.45) is 9.98 Å². The Balaban J connectivity index is 1.45. The van der Waals surface area contributed by atoms with Gasteiger partial charge in [-0.15, -0.1) is 11.3 Å². The number of carbonyl (C=O) groups excluding carboxylic acids is 1. The molecular formula is C21H23N3O2S2. The van der Waals surface area contributed by atoms with Gasteiger partial charge in [0.1, 0.15) is 16.5 Å². The molecule has 1 amide bonds. The molecule has 2 aromatic rings. The molecule has 1 fully saturated rings. The molecule has 7 heteroatoms. The summed E-state index contributed by atoms with van der Waals surface area (Å²) in [5.41, 5.74) is 1.35. The number of thioether (sulfide) groups is 1. The maximum Gasteiger partial charge on any atom is 0.234 e. The number of rotatable bonds is 6. The Morgan fingerprint density at radius 1 is 1.21 bits per heavy atom. The number of carbonyl (C=O) groups is 1. The van der Waals surface area contributed by atoms with Crippen LogP contribution in [-0.4, -0.2) is 34.7 Å². The lowest BCUT2D eigenvalue weighted by atomic mass is 10.1. The molecule has 2 aliphatic rings. The second kappa shape index (κ2) is 8.49. The van der Waals surface area contributed by atoms with Crippen molar-refractivity contribution in [1.82, 2.24) is 0 Å². The Hall–Kier alpha value is -2.12. The summed E-state index contributed by atoms with van der Waals surface area (Å²) >= 11 is 3.14. The lowest BCUT2D eigenvalue weighted by Crippen LogP contribution is -2.18. The fourth-order valence-electron chi connectivity index (χ4n) is 3.53. The Morgan fingerprint density at radius 3 is 2.79 bits per heavy atom. The van der Waals surface area contributed by atoms with Gasteiger partial charge in [-0.1, -0.05) is 30.0 Å². The van der Waals surface area contributed by atoms with E-state index in [1.165, 1.54) is 11.8 Å². The number of hydrogen-bond acceptors (Lipinski definition) is 6. The highest BCUT2D eigenvalue weighted by Gasteiger charge is 2.39. The summed E-state index contributed by atoms with van der Waals surface area (Å²) in [5, 5.41) is 5.89. The predicted octanol–water partition coefficient (Wildman–Crippen LogP) is 4.99. The van der Waals surface area contributed by atoms with Crippen LogP contribution in [0.25, 0.3) is 0 Å². The van der Waals surface area contributed by atoms with Crippen molar-refractivity contribution in [3.05, 3.63) is 46.7 Å². The fraction of sp³-hybridized carbons (Fsp3) is 0.381. The van der Waals surface area contributed by atoms with Gasteiger partial charge in [-0.3, -0.25) is 9.79 Å². The second-order valence-corrected chi connectivity index (χ2v) is 8.72. The molecule has 1 N–H and O–H groups in total. The minimum Gasteiger partial charge on any atom is -0.492 e. The number of nitrogens with one attached hydrogen (secondary N) is 1. The van der Waals surface area contributed by atoms with Crippen LogP contribution in [0.5, 0.6) is 5.75 Å². The maximum atomic E-state index is 12.6. The van der Waals surface area contributed by atoms with E-state index < -0.39 is 0 Å². The van der Waals surface area contributed by atoms with Crippen molar-refractivity contribution >= 4 is 45.4 Å². The first kappa shape index (κ1) is 19.2. The van der Waals surface area contributed by atoms with Crippen LogP contribution in [-0.2, 0) is 4.79 Å². The summed E-state index contributed by atoms with van der Waals surface area (Å²) in [6.45, 7) is 2.48. The lowest BCUT2D eigenvalue weighted by Gasteiger charge is -2.14. The van der Waals surface area contributed by atoms with Crippen LogP contribution < -0.4 is 10.1 Å². The van der Waals surface area contributed by atoms with Crippen LogP contribution in [0.15, 0.2) is 51.8 Å². The number of hydrogen-bond donors (Lipinski definition) is 1. The SMILES string of the molecule is CCOc1ccccc1NC(=O)CSC1=NC2(CCCC2)N=C1c1cccs1. The first-order valence-electron chi connectivity index (χ1n) is 9.57. The minimum atomic E-state index is -0.292. The molecule has 1 aromatic heterocycles. The van der Waals surface area contributed by atoms with Crippen LogP contribution in [0.3, 0.4) is 0 Å². The van der Waals surface area contributed by atoms with E-state index in [4.69, 9.17) is 14.7 Å². The highest BCUT2D eigenvalue weighted by atomic mass is 32.2. The maximum absolute atomic E-state index is 12.6. The second-order valence-electron chi connectivity index (χ2n) is 6.81. The van der Waals surface area contributed by atoms with Crippen molar-refractivity contribution < 1.29 is 9.53 Å². The molecule has 1 aromatic carbocycles. The third-order valence-corrected chi connectivity index (χ3v) is 6.63. The van der Waals surface area contributed by atoms with E-state index in [2.05, 4.69) is 16.8 Å². The Labute approximate surface area is 173 Å². The molecule has 28 heavy (non-hydrogen) atoms. The number of para-hydroxylation sites is 2. The number of benzene rings is 1. The van der Waals surface area contributed by atoms with E-state index >= 15 is 0 Å². The highest BCUT2D eigenvalue weighted by Crippen LogP contribution is 2.40. The van der Waals surface area contributed by atoms with Crippen LogP contribution >= 0.6 is 23.1 Å². The molecule has 0 radical (unpaired) electrons. The van der Waals surface area contributed by atoms with Crippen molar-refractivity contribution in [3.63, 3.8) is 0 Å². The van der Waals surface area contributed by atoms with Gasteiger partial charge < -0.3 is 10.1 Å². The van der Waals surface area contributed by atoms with E-state index in [-0.39, 0.29) is 11.6 Å². The van der Waals surface area contributed by atoms with Crippen LogP contribution in [0.4, 0.5) is 5.69 Å². The summed E-state index contributed by atoms with van der Waals surface area (Å²) in [5.74, 6) is 0.907. The highest BCUT2D eigenvalue weighted by molar-refractivity contribution is 8.16. The molecule has 1 aliphatic carbocycles. The minimum absolute atomic E-state index is 0.0715. The summed E-state index contributed by atoms with van der Waals surface area (Å²) in [6, 6.07) is 11.6. The smallest absolute Gasteiger partial charge is 0.234 e. The molecular weight excluding hydrogens is 390 g/mol. The van der Waals surface area contributed by atoms with Gasteiger partial charge in [0.2, 0.25) is 5.91 Å². The van der Waals surface area contributed by atoms with E-state index in [1.807, 2.05) is 37.3 Å². The summed E-state index contributed by atoms with van der Waals surface area (Å²) in [7, 11) is 0. The molecule has 1 saturated carbocycles. The molecule has 0 bridgehead atoms. The van der Waals surface area contributed by atoms with Gasteiger partial charge in [0.05, 0.1) is 22.9 Å². The third-order valence-electron chi connectivity index (χ3n) is 4.79. The van der Waals surface area contributed by atoms with E-state index in [1.54, 1.807) is 11.3 Å². The first-order chi connectivity index (χ1) is 13.7. The molecule has 0 atom stereocenters. The van der Waals surface area contributed by atoms with Crippen molar-refractivity contribution in [3.8, 4) is 5.75 Å². The monoisotopic (exact) mass is 413 g/mol. The lowest BCUT2D eigenvalue weighted by molar-refractivity contribution is -0.113. The average molecular weight is 414 g/mol. The summed E-state index contributed by atoms with van der Waals surface area (Å²) in [4.78, 5) is 23.6. The zero-order chi connectivity index (χ0) is 19.4. The summed E-state index contributed by atoms with van der Waals surface area (Å²) in [6.07, 6.45) is 4.33. The molecule has 2 heterocycles. The number of aliphatic imine (C=N–C) groups is 2. The van der Waals surface area contributed by atoms with Gasteiger partial charge in [0.25, 0.3) is 0 Å². The number of anilines is 1. The Morgan fingerprint density at radius 2 is 2.04 bits per heavy atom. The number of nitrogens with zero attached hydrogens (tertiary/aromatic N) is 2. The Kier molecular flexibility index (Phi) is 5.82. The van der Waals surface area contributed by atoms with Gasteiger partial charge in [-0.2, -0.15) is 0 Å². The van der Waals surface area contributed by atoms with E-state index in [9.17, 15) is 4.79 Å². The van der Waals surface area contributed by atoms with Gasteiger partial charge in [-0.05, 0) is 56.2 Å². The van der Waals surface area contributed by atoms with Crippen LogP contribution in [0, 0.1) is 0 Å². The zero-order valence-electron chi connectivity index (χ0n) is 15.8. The molecule has 146 valence electrons. The molecule has 0 saturated heterocycles. The largest absolute Gasteiger partial charge is 0.492 e. The van der Waals surface area contributed by atoms with Crippen molar-refractivity contribution in [1.29, 1.82) is 0 Å². The predicted molar refractivity (Wildman–Crippen MR) is 118 cm³/mol. The zero-order valence-corrected chi connectivity index (χ0v) is 17.4.